The van der Waals surface area contributed by atoms with E-state index in [2.05, 4.69) is 0 Å². The fourth-order valence-corrected chi connectivity index (χ4v) is 0. The summed E-state index contributed by atoms with van der Waals surface area (Å²) in [5.74, 6) is 0. The fourth-order valence-electron chi connectivity index (χ4n) is 0. The third kappa shape index (κ3) is 9160. The molecule has 0 amide bonds. The molecule has 0 heterocycles. The van der Waals surface area contributed by atoms with Gasteiger partial charge < -0.3 is 50.5 Å². The first-order valence-electron chi connectivity index (χ1n) is 1.84. The van der Waals surface area contributed by atoms with E-state index in [4.69, 9.17) is 45.0 Å². The molecule has 0 unspecified atom stereocenters. The second kappa shape index (κ2) is 29.3. The molecular formula is C3H2O10Pr2. The Labute approximate surface area is 149 Å². The molecule has 0 bridgehead atoms. The minimum Gasteiger partial charge on any atom is -0.652 e. The molecule has 10 nitrogen and oxygen atoms in total. The van der Waals surface area contributed by atoms with Crippen molar-refractivity contribution < 1.29 is 133 Å². The first-order valence-corrected chi connectivity index (χ1v) is 1.84. The summed E-state index contributed by atoms with van der Waals surface area (Å²) >= 11 is 0. The SMILES string of the molecule is O.O=C([O-])[O-].O=C([O-])[O-].O=C([O-])[O-].[Pr+3].[Pr+3]. The monoisotopic (exact) mass is 480 g/mol. The van der Waals surface area contributed by atoms with Crippen molar-refractivity contribution in [3.8, 4) is 0 Å². The van der Waals surface area contributed by atoms with Crippen molar-refractivity contribution in [2.45, 2.75) is 0 Å². The molecule has 80 valence electrons. The summed E-state index contributed by atoms with van der Waals surface area (Å²) in [6.45, 7) is 0. The van der Waals surface area contributed by atoms with E-state index in [-0.39, 0.29) is 88.1 Å². The average molecular weight is 480 g/mol. The molecule has 0 spiro atoms. The van der Waals surface area contributed by atoms with Crippen molar-refractivity contribution in [3.05, 3.63) is 0 Å². The van der Waals surface area contributed by atoms with Crippen LogP contribution in [0.5, 0.6) is 0 Å². The maximum Gasteiger partial charge on any atom is 3.00 e. The van der Waals surface area contributed by atoms with Crippen LogP contribution in [0.15, 0.2) is 0 Å². The Morgan fingerprint density at radius 2 is 0.533 bits per heavy atom. The van der Waals surface area contributed by atoms with Crippen LogP contribution in [0.4, 0.5) is 14.4 Å². The van der Waals surface area contributed by atoms with Gasteiger partial charge >= 0.3 is 82.6 Å². The van der Waals surface area contributed by atoms with Gasteiger partial charge in [-0.15, -0.1) is 0 Å². The molecule has 0 rings (SSSR count). The van der Waals surface area contributed by atoms with Crippen LogP contribution in [-0.2, 0) is 0 Å². The van der Waals surface area contributed by atoms with E-state index in [1.807, 2.05) is 0 Å². The second-order valence-corrected chi connectivity index (χ2v) is 0.750. The number of rotatable bonds is 0. The average Bonchev–Trinajstić information content (AvgIpc) is 1.54. The van der Waals surface area contributed by atoms with Gasteiger partial charge in [-0.05, 0) is 18.5 Å². The van der Waals surface area contributed by atoms with Gasteiger partial charge in [0.2, 0.25) is 0 Å². The number of carbonyl (C=O) groups is 3. The van der Waals surface area contributed by atoms with Crippen molar-refractivity contribution >= 4 is 18.5 Å². The Kier molecular flexibility index (Phi) is 70.5. The third-order valence-corrected chi connectivity index (χ3v) is 0. The van der Waals surface area contributed by atoms with Gasteiger partial charge in [0.25, 0.3) is 0 Å². The minimum atomic E-state index is -2.33. The molecule has 0 saturated carbocycles. The summed E-state index contributed by atoms with van der Waals surface area (Å²) in [6, 6.07) is 0. The predicted octanol–water partition coefficient (Wildman–Crippen LogP) is -8.17. The molecule has 0 aliphatic rings. The molecule has 0 saturated heterocycles. The van der Waals surface area contributed by atoms with Gasteiger partial charge in [0.1, 0.15) is 0 Å². The Bertz CT molecular complexity index is 116. The molecule has 0 aliphatic heterocycles. The fraction of sp³-hybridized carbons (Fsp3) is 0. The maximum absolute atomic E-state index is 8.33. The van der Waals surface area contributed by atoms with Gasteiger partial charge in [-0.1, -0.05) is 0 Å². The van der Waals surface area contributed by atoms with Gasteiger partial charge in [-0.25, -0.2) is 0 Å². The molecule has 0 fully saturated rings. The van der Waals surface area contributed by atoms with E-state index in [9.17, 15) is 0 Å². The Hall–Kier alpha value is 0.497. The first kappa shape index (κ1) is 36.1. The van der Waals surface area contributed by atoms with Crippen LogP contribution in [0.1, 0.15) is 0 Å². The minimum absolute atomic E-state index is 0. The number of hydrogen-bond donors (Lipinski definition) is 0. The molecule has 0 atom stereocenters. The van der Waals surface area contributed by atoms with Crippen molar-refractivity contribution in [1.82, 2.24) is 0 Å². The molecule has 0 aromatic carbocycles. The zero-order valence-electron chi connectivity index (χ0n) is 6.83. The molecule has 0 radical (unpaired) electrons. The van der Waals surface area contributed by atoms with Gasteiger partial charge in [-0.3, -0.25) is 0 Å². The van der Waals surface area contributed by atoms with Gasteiger partial charge in [0.05, 0.1) is 0 Å². The van der Waals surface area contributed by atoms with E-state index in [1.54, 1.807) is 0 Å². The summed E-state index contributed by atoms with van der Waals surface area (Å²) in [6.07, 6.45) is -7.00. The Morgan fingerprint density at radius 1 is 0.533 bits per heavy atom. The summed E-state index contributed by atoms with van der Waals surface area (Å²) in [7, 11) is 0. The number of hydrogen-bond acceptors (Lipinski definition) is 9. The summed E-state index contributed by atoms with van der Waals surface area (Å²) in [5, 5.41) is 50.0. The quantitative estimate of drug-likeness (QED) is 0.321. The third-order valence-electron chi connectivity index (χ3n) is 0. The second-order valence-electron chi connectivity index (χ2n) is 0.750. The van der Waals surface area contributed by atoms with Crippen molar-refractivity contribution in [1.29, 1.82) is 0 Å². The molecule has 0 aliphatic carbocycles. The van der Waals surface area contributed by atoms with Gasteiger partial charge in [0.15, 0.2) is 0 Å². The van der Waals surface area contributed by atoms with Crippen LogP contribution in [0.2, 0.25) is 0 Å². The van der Waals surface area contributed by atoms with E-state index in [0.29, 0.717) is 0 Å². The van der Waals surface area contributed by atoms with Crippen LogP contribution in [0, 0.1) is 82.6 Å². The standard InChI is InChI=1S/3CH2O3.H2O.2Pr/c3*2-1(3)4;;;/h3*(H2,2,3,4);1H2;;/q;;;;2*+3/p-6. The smallest absolute Gasteiger partial charge is 0.652 e. The van der Waals surface area contributed by atoms with E-state index < -0.39 is 18.5 Å². The molecule has 12 heteroatoms. The summed E-state index contributed by atoms with van der Waals surface area (Å²) in [4.78, 5) is 25.0. The molecule has 0 aromatic heterocycles. The normalized spacial score (nSPS) is 4.80. The Balaban J connectivity index is -0.0000000184. The molecular weight excluding hydrogens is 478 g/mol. The van der Waals surface area contributed by atoms with E-state index >= 15 is 0 Å². The predicted molar refractivity (Wildman–Crippen MR) is 19.8 cm³/mol. The zero-order chi connectivity index (χ0) is 10.7. The van der Waals surface area contributed by atoms with Crippen molar-refractivity contribution in [2.75, 3.05) is 0 Å². The van der Waals surface area contributed by atoms with Crippen LogP contribution in [-0.4, -0.2) is 23.9 Å². The van der Waals surface area contributed by atoms with Crippen LogP contribution >= 0.6 is 0 Å². The number of carbonyl (C=O) groups excluding carboxylic acids is 3. The molecule has 15 heavy (non-hydrogen) atoms. The number of carboxylic acid groups (broad SMARTS) is 6. The van der Waals surface area contributed by atoms with Crippen molar-refractivity contribution in [3.63, 3.8) is 0 Å². The van der Waals surface area contributed by atoms with Gasteiger partial charge in [0, 0.05) is 0 Å². The van der Waals surface area contributed by atoms with Crippen molar-refractivity contribution in [2.24, 2.45) is 0 Å². The molecule has 0 aromatic rings. The maximum atomic E-state index is 8.33. The van der Waals surface area contributed by atoms with Crippen LogP contribution in [0.3, 0.4) is 0 Å². The van der Waals surface area contributed by atoms with Crippen LogP contribution < -0.4 is 30.6 Å². The molecule has 2 N–H and O–H groups in total. The Morgan fingerprint density at radius 3 is 0.533 bits per heavy atom. The summed E-state index contributed by atoms with van der Waals surface area (Å²) < 4.78 is 0. The van der Waals surface area contributed by atoms with Crippen LogP contribution in [0.25, 0.3) is 0 Å². The van der Waals surface area contributed by atoms with E-state index in [0.717, 1.165) is 0 Å². The summed E-state index contributed by atoms with van der Waals surface area (Å²) in [5.41, 5.74) is 0. The topological polar surface area (TPSA) is 221 Å². The van der Waals surface area contributed by atoms with Gasteiger partial charge in [-0.2, -0.15) is 0 Å². The zero-order valence-corrected chi connectivity index (χ0v) is 14.2. The van der Waals surface area contributed by atoms with E-state index in [1.165, 1.54) is 0 Å². The first-order chi connectivity index (χ1) is 5.20. The largest absolute Gasteiger partial charge is 3.00 e.